The third-order valence-electron chi connectivity index (χ3n) is 3.07. The molecule has 2 atom stereocenters. The first-order chi connectivity index (χ1) is 9.95. The molecule has 0 radical (unpaired) electrons. The molecule has 0 aliphatic heterocycles. The number of amides is 1. The molecule has 3 N–H and O–H groups in total. The van der Waals surface area contributed by atoms with Gasteiger partial charge in [-0.05, 0) is 25.0 Å². The van der Waals surface area contributed by atoms with E-state index in [1.165, 1.54) is 18.9 Å². The predicted octanol–water partition coefficient (Wildman–Crippen LogP) is 1.41. The Morgan fingerprint density at radius 2 is 2.05 bits per heavy atom. The zero-order valence-corrected chi connectivity index (χ0v) is 13.4. The zero-order valence-electron chi connectivity index (χ0n) is 12.6. The normalized spacial score (nSPS) is 13.3. The minimum Gasteiger partial charge on any atom is -0.468 e. The fourth-order valence-corrected chi connectivity index (χ4v) is 2.71. The highest BCUT2D eigenvalue weighted by Gasteiger charge is 2.15. The molecule has 116 valence electrons. The van der Waals surface area contributed by atoms with E-state index < -0.39 is 12.0 Å². The quantitative estimate of drug-likeness (QED) is 0.744. The van der Waals surface area contributed by atoms with E-state index >= 15 is 0 Å². The summed E-state index contributed by atoms with van der Waals surface area (Å²) < 4.78 is 4.53. The van der Waals surface area contributed by atoms with E-state index in [9.17, 15) is 9.59 Å². The number of thioether (sulfide) groups is 1. The molecule has 0 bridgehead atoms. The van der Waals surface area contributed by atoms with Crippen LogP contribution in [0.1, 0.15) is 24.1 Å². The second kappa shape index (κ2) is 8.69. The van der Waals surface area contributed by atoms with Crippen molar-refractivity contribution in [3.63, 3.8) is 0 Å². The van der Waals surface area contributed by atoms with Gasteiger partial charge in [-0.1, -0.05) is 24.3 Å². The number of rotatable bonds is 7. The van der Waals surface area contributed by atoms with Crippen molar-refractivity contribution in [1.82, 2.24) is 5.32 Å². The van der Waals surface area contributed by atoms with Crippen molar-refractivity contribution >= 4 is 23.6 Å². The van der Waals surface area contributed by atoms with Crippen molar-refractivity contribution in [1.29, 1.82) is 0 Å². The Labute approximate surface area is 129 Å². The van der Waals surface area contributed by atoms with E-state index in [1.807, 2.05) is 38.1 Å². The number of hydrogen-bond donors (Lipinski definition) is 2. The molecule has 0 spiro atoms. The SMILES string of the molecule is COC(=O)C(N)CSCC(=O)NC(C)c1ccccc1C. The Hall–Kier alpha value is -1.53. The van der Waals surface area contributed by atoms with Crippen LogP contribution in [0.3, 0.4) is 0 Å². The van der Waals surface area contributed by atoms with Gasteiger partial charge in [0.05, 0.1) is 18.9 Å². The Balaban J connectivity index is 2.37. The van der Waals surface area contributed by atoms with Crippen molar-refractivity contribution in [2.24, 2.45) is 5.73 Å². The van der Waals surface area contributed by atoms with Gasteiger partial charge in [0.25, 0.3) is 0 Å². The molecule has 0 saturated carbocycles. The van der Waals surface area contributed by atoms with Gasteiger partial charge in [-0.3, -0.25) is 9.59 Å². The molecule has 5 nitrogen and oxygen atoms in total. The molecule has 1 amide bonds. The zero-order chi connectivity index (χ0) is 15.8. The number of methoxy groups -OCH3 is 1. The molecule has 0 aliphatic carbocycles. The lowest BCUT2D eigenvalue weighted by Gasteiger charge is -2.16. The Morgan fingerprint density at radius 1 is 1.38 bits per heavy atom. The first-order valence-corrected chi connectivity index (χ1v) is 7.87. The number of nitrogens with one attached hydrogen (secondary N) is 1. The maximum atomic E-state index is 11.9. The van der Waals surface area contributed by atoms with Gasteiger partial charge in [0.1, 0.15) is 6.04 Å². The number of nitrogens with two attached hydrogens (primary N) is 1. The molecule has 2 unspecified atom stereocenters. The lowest BCUT2D eigenvalue weighted by Crippen LogP contribution is -2.35. The van der Waals surface area contributed by atoms with Gasteiger partial charge in [0.15, 0.2) is 0 Å². The standard InChI is InChI=1S/C15H22N2O3S/c1-10-6-4-5-7-12(10)11(2)17-14(18)9-21-8-13(16)15(19)20-3/h4-7,11,13H,8-9,16H2,1-3H3,(H,17,18). The average Bonchev–Trinajstić information content (AvgIpc) is 2.46. The molecule has 0 fully saturated rings. The number of esters is 1. The summed E-state index contributed by atoms with van der Waals surface area (Å²) in [6.45, 7) is 3.97. The first-order valence-electron chi connectivity index (χ1n) is 6.71. The summed E-state index contributed by atoms with van der Waals surface area (Å²) in [5, 5.41) is 2.94. The number of benzene rings is 1. The van der Waals surface area contributed by atoms with Crippen molar-refractivity contribution in [2.45, 2.75) is 25.9 Å². The first kappa shape index (κ1) is 17.5. The molecule has 6 heteroatoms. The summed E-state index contributed by atoms with van der Waals surface area (Å²) in [6, 6.07) is 7.20. The second-order valence-corrected chi connectivity index (χ2v) is 5.82. The number of carbonyl (C=O) groups excluding carboxylic acids is 2. The summed E-state index contributed by atoms with van der Waals surface area (Å²) in [5.41, 5.74) is 7.84. The van der Waals surface area contributed by atoms with Crippen molar-refractivity contribution in [3.8, 4) is 0 Å². The van der Waals surface area contributed by atoms with Crippen LogP contribution in [0.2, 0.25) is 0 Å². The van der Waals surface area contributed by atoms with Gasteiger partial charge >= 0.3 is 5.97 Å². The van der Waals surface area contributed by atoms with Crippen LogP contribution in [0.5, 0.6) is 0 Å². The number of carbonyl (C=O) groups is 2. The molecule has 1 aromatic carbocycles. The topological polar surface area (TPSA) is 81.4 Å². The third-order valence-corrected chi connectivity index (χ3v) is 4.13. The lowest BCUT2D eigenvalue weighted by atomic mass is 10.0. The van der Waals surface area contributed by atoms with Crippen molar-refractivity contribution < 1.29 is 14.3 Å². The van der Waals surface area contributed by atoms with Crippen LogP contribution in [0.15, 0.2) is 24.3 Å². The number of aryl methyl sites for hydroxylation is 1. The van der Waals surface area contributed by atoms with Crippen LogP contribution in [-0.2, 0) is 14.3 Å². The summed E-state index contributed by atoms with van der Waals surface area (Å²) in [4.78, 5) is 23.0. The Kier molecular flexibility index (Phi) is 7.25. The number of ether oxygens (including phenoxy) is 1. The fraction of sp³-hybridized carbons (Fsp3) is 0.467. The highest BCUT2D eigenvalue weighted by atomic mass is 32.2. The van der Waals surface area contributed by atoms with Crippen LogP contribution in [0.25, 0.3) is 0 Å². The molecule has 0 saturated heterocycles. The molecule has 0 heterocycles. The molecule has 0 aromatic heterocycles. The Morgan fingerprint density at radius 3 is 2.67 bits per heavy atom. The third kappa shape index (κ3) is 5.77. The van der Waals surface area contributed by atoms with Gasteiger partial charge in [0, 0.05) is 5.75 Å². The molecule has 0 aliphatic rings. The predicted molar refractivity (Wildman–Crippen MR) is 85.1 cm³/mol. The van der Waals surface area contributed by atoms with Crippen LogP contribution in [0, 0.1) is 6.92 Å². The highest BCUT2D eigenvalue weighted by molar-refractivity contribution is 8.00. The molecule has 21 heavy (non-hydrogen) atoms. The highest BCUT2D eigenvalue weighted by Crippen LogP contribution is 2.16. The van der Waals surface area contributed by atoms with E-state index in [-0.39, 0.29) is 17.7 Å². The van der Waals surface area contributed by atoms with Crippen molar-refractivity contribution in [2.75, 3.05) is 18.6 Å². The van der Waals surface area contributed by atoms with Crippen molar-refractivity contribution in [3.05, 3.63) is 35.4 Å². The summed E-state index contributed by atoms with van der Waals surface area (Å²) in [6.07, 6.45) is 0. The summed E-state index contributed by atoms with van der Waals surface area (Å²) in [5.74, 6) is 0.0868. The van der Waals surface area contributed by atoms with Gasteiger partial charge in [-0.15, -0.1) is 11.8 Å². The lowest BCUT2D eigenvalue weighted by molar-refractivity contribution is -0.141. The number of hydrogen-bond acceptors (Lipinski definition) is 5. The van der Waals surface area contributed by atoms with Gasteiger partial charge in [0.2, 0.25) is 5.91 Å². The second-order valence-electron chi connectivity index (χ2n) is 4.79. The van der Waals surface area contributed by atoms with E-state index in [0.29, 0.717) is 5.75 Å². The minimum absolute atomic E-state index is 0.0476. The van der Waals surface area contributed by atoms with E-state index in [2.05, 4.69) is 10.1 Å². The van der Waals surface area contributed by atoms with E-state index in [0.717, 1.165) is 11.1 Å². The van der Waals surface area contributed by atoms with Gasteiger partial charge < -0.3 is 15.8 Å². The minimum atomic E-state index is -0.693. The molecule has 1 aromatic rings. The monoisotopic (exact) mass is 310 g/mol. The average molecular weight is 310 g/mol. The van der Waals surface area contributed by atoms with Crippen LogP contribution in [-0.4, -0.2) is 36.5 Å². The van der Waals surface area contributed by atoms with Crippen LogP contribution < -0.4 is 11.1 Å². The summed E-state index contributed by atoms with van der Waals surface area (Å²) >= 11 is 1.32. The Bertz CT molecular complexity index is 494. The largest absolute Gasteiger partial charge is 0.468 e. The smallest absolute Gasteiger partial charge is 0.323 e. The van der Waals surface area contributed by atoms with Crippen LogP contribution in [0.4, 0.5) is 0 Å². The molecular formula is C15H22N2O3S. The maximum absolute atomic E-state index is 11.9. The van der Waals surface area contributed by atoms with E-state index in [1.54, 1.807) is 0 Å². The molecule has 1 rings (SSSR count). The van der Waals surface area contributed by atoms with Crippen LogP contribution >= 0.6 is 11.8 Å². The van der Waals surface area contributed by atoms with Gasteiger partial charge in [-0.25, -0.2) is 0 Å². The maximum Gasteiger partial charge on any atom is 0.323 e. The fourth-order valence-electron chi connectivity index (χ4n) is 1.93. The van der Waals surface area contributed by atoms with Gasteiger partial charge in [-0.2, -0.15) is 0 Å². The molecular weight excluding hydrogens is 288 g/mol. The summed E-state index contributed by atoms with van der Waals surface area (Å²) in [7, 11) is 1.30. The van der Waals surface area contributed by atoms with E-state index in [4.69, 9.17) is 5.73 Å².